The Morgan fingerprint density at radius 3 is 2.74 bits per heavy atom. The highest BCUT2D eigenvalue weighted by atomic mass is 16.5. The molecule has 0 saturated carbocycles. The Balaban J connectivity index is 1.60. The molecule has 9 nitrogen and oxygen atoms in total. The normalized spacial score (nSPS) is 15.7. The molecule has 0 bridgehead atoms. The Kier molecular flexibility index (Phi) is 5.58. The van der Waals surface area contributed by atoms with Crippen LogP contribution >= 0.6 is 0 Å². The van der Waals surface area contributed by atoms with Crippen LogP contribution in [0.2, 0.25) is 0 Å². The minimum absolute atomic E-state index is 0.0486. The van der Waals surface area contributed by atoms with Gasteiger partial charge in [-0.3, -0.25) is 9.59 Å². The fourth-order valence-electron chi connectivity index (χ4n) is 2.94. The van der Waals surface area contributed by atoms with Gasteiger partial charge in [0.05, 0.1) is 18.2 Å². The summed E-state index contributed by atoms with van der Waals surface area (Å²) in [6, 6.07) is 5.27. The molecular formula is C18H24N6O3. The molecule has 1 aromatic carbocycles. The second-order valence-electron chi connectivity index (χ2n) is 6.71. The number of nitrogens with one attached hydrogen (secondary N) is 1. The summed E-state index contributed by atoms with van der Waals surface area (Å²) in [4.78, 5) is 28.0. The quantitative estimate of drug-likeness (QED) is 0.788. The van der Waals surface area contributed by atoms with E-state index in [0.29, 0.717) is 31.7 Å². The van der Waals surface area contributed by atoms with Crippen molar-refractivity contribution in [2.75, 3.05) is 39.2 Å². The monoisotopic (exact) mass is 372 g/mol. The second kappa shape index (κ2) is 8.07. The van der Waals surface area contributed by atoms with Gasteiger partial charge in [-0.15, -0.1) is 10.2 Å². The Bertz CT molecular complexity index is 805. The lowest BCUT2D eigenvalue weighted by Gasteiger charge is -2.35. The van der Waals surface area contributed by atoms with Crippen molar-refractivity contribution in [2.45, 2.75) is 19.0 Å². The lowest BCUT2D eigenvalue weighted by atomic mass is 10.1. The first-order valence-corrected chi connectivity index (χ1v) is 8.76. The molecule has 1 atom stereocenters. The summed E-state index contributed by atoms with van der Waals surface area (Å²) < 4.78 is 7.60. The summed E-state index contributed by atoms with van der Waals surface area (Å²) >= 11 is 0. The number of likely N-dealkylation sites (N-methyl/N-ethyl adjacent to an activating group) is 1. The van der Waals surface area contributed by atoms with Gasteiger partial charge in [0.1, 0.15) is 25.0 Å². The van der Waals surface area contributed by atoms with E-state index in [1.54, 1.807) is 43.4 Å². The van der Waals surface area contributed by atoms with Gasteiger partial charge in [-0.1, -0.05) is 0 Å². The fourth-order valence-corrected chi connectivity index (χ4v) is 2.94. The molecule has 3 rings (SSSR count). The Morgan fingerprint density at radius 1 is 1.30 bits per heavy atom. The molecule has 0 spiro atoms. The highest BCUT2D eigenvalue weighted by molar-refractivity contribution is 5.95. The predicted octanol–water partition coefficient (Wildman–Crippen LogP) is 0.384. The van der Waals surface area contributed by atoms with Crippen LogP contribution in [0, 0.1) is 0 Å². The summed E-state index contributed by atoms with van der Waals surface area (Å²) in [5.41, 5.74) is 1.41. The van der Waals surface area contributed by atoms with Crippen LogP contribution in [0.4, 0.5) is 5.69 Å². The van der Waals surface area contributed by atoms with Crippen LogP contribution in [-0.4, -0.2) is 71.8 Å². The lowest BCUT2D eigenvalue weighted by molar-refractivity contribution is -0.121. The third-order valence-corrected chi connectivity index (χ3v) is 4.55. The highest BCUT2D eigenvalue weighted by Crippen LogP contribution is 2.34. The summed E-state index contributed by atoms with van der Waals surface area (Å²) in [6.45, 7) is 1.55. The zero-order chi connectivity index (χ0) is 19.4. The number of benzene rings is 1. The van der Waals surface area contributed by atoms with Crippen LogP contribution < -0.4 is 15.0 Å². The number of carbonyl (C=O) groups excluding carboxylic acids is 2. The molecule has 1 aliphatic heterocycles. The van der Waals surface area contributed by atoms with Gasteiger partial charge in [0, 0.05) is 39.8 Å². The first kappa shape index (κ1) is 18.7. The largest absolute Gasteiger partial charge is 0.489 e. The van der Waals surface area contributed by atoms with E-state index >= 15 is 0 Å². The van der Waals surface area contributed by atoms with E-state index in [2.05, 4.69) is 15.5 Å². The smallest absolute Gasteiger partial charge is 0.253 e. The number of hydrogen-bond donors (Lipinski definition) is 1. The van der Waals surface area contributed by atoms with E-state index in [4.69, 9.17) is 4.74 Å². The van der Waals surface area contributed by atoms with Crippen molar-refractivity contribution >= 4 is 17.5 Å². The van der Waals surface area contributed by atoms with Crippen LogP contribution in [-0.2, 0) is 11.3 Å². The second-order valence-corrected chi connectivity index (χ2v) is 6.71. The molecule has 0 radical (unpaired) electrons. The first-order chi connectivity index (χ1) is 13.0. The van der Waals surface area contributed by atoms with Gasteiger partial charge in [0.15, 0.2) is 0 Å². The summed E-state index contributed by atoms with van der Waals surface area (Å²) in [5.74, 6) is 0.602. The number of nitrogens with zero attached hydrogens (tertiary/aromatic N) is 5. The summed E-state index contributed by atoms with van der Waals surface area (Å²) in [7, 11) is 5.35. The molecule has 1 aliphatic rings. The van der Waals surface area contributed by atoms with Crippen molar-refractivity contribution in [2.24, 2.45) is 0 Å². The molecule has 27 heavy (non-hydrogen) atoms. The number of hydrogen-bond acceptors (Lipinski definition) is 6. The van der Waals surface area contributed by atoms with Gasteiger partial charge in [0.2, 0.25) is 5.91 Å². The maximum atomic E-state index is 12.3. The van der Waals surface area contributed by atoms with Crippen LogP contribution in [0.5, 0.6) is 5.75 Å². The van der Waals surface area contributed by atoms with Gasteiger partial charge < -0.3 is 24.4 Å². The molecule has 0 aliphatic carbocycles. The molecule has 1 unspecified atom stereocenters. The SMILES string of the molecule is CN(C)C(=O)c1ccc2c(c1)N(C)C(CC(=O)NCCn1cnnc1)CO2. The van der Waals surface area contributed by atoms with Crippen molar-refractivity contribution in [3.8, 4) is 5.75 Å². The average molecular weight is 372 g/mol. The maximum absolute atomic E-state index is 12.3. The van der Waals surface area contributed by atoms with E-state index in [0.717, 1.165) is 11.4 Å². The van der Waals surface area contributed by atoms with E-state index in [9.17, 15) is 9.59 Å². The van der Waals surface area contributed by atoms with Crippen molar-refractivity contribution < 1.29 is 14.3 Å². The molecule has 9 heteroatoms. The number of carbonyl (C=O) groups is 2. The van der Waals surface area contributed by atoms with E-state index in [-0.39, 0.29) is 17.9 Å². The Labute approximate surface area is 157 Å². The number of amides is 2. The fraction of sp³-hybridized carbons (Fsp3) is 0.444. The van der Waals surface area contributed by atoms with Crippen molar-refractivity contribution in [3.05, 3.63) is 36.4 Å². The number of ether oxygens (including phenoxy) is 1. The average Bonchev–Trinajstić information content (AvgIpc) is 3.16. The first-order valence-electron chi connectivity index (χ1n) is 8.76. The minimum atomic E-state index is -0.0999. The molecule has 0 saturated heterocycles. The van der Waals surface area contributed by atoms with Gasteiger partial charge in [-0.2, -0.15) is 0 Å². The van der Waals surface area contributed by atoms with Gasteiger partial charge in [0.25, 0.3) is 5.91 Å². The third kappa shape index (κ3) is 4.36. The number of fused-ring (bicyclic) bond motifs is 1. The standard InChI is InChI=1S/C18H24N6O3/c1-22(2)18(26)13-4-5-16-15(8-13)23(3)14(10-27-16)9-17(25)19-6-7-24-11-20-21-12-24/h4-5,8,11-12,14H,6-7,9-10H2,1-3H3,(H,19,25). The van der Waals surface area contributed by atoms with E-state index in [1.807, 2.05) is 18.0 Å². The van der Waals surface area contributed by atoms with Crippen LogP contribution in [0.25, 0.3) is 0 Å². The van der Waals surface area contributed by atoms with Crippen LogP contribution in [0.3, 0.4) is 0 Å². The molecule has 1 N–H and O–H groups in total. The van der Waals surface area contributed by atoms with Gasteiger partial charge in [-0.25, -0.2) is 0 Å². The van der Waals surface area contributed by atoms with Crippen molar-refractivity contribution in [1.29, 1.82) is 0 Å². The highest BCUT2D eigenvalue weighted by Gasteiger charge is 2.27. The summed E-state index contributed by atoms with van der Waals surface area (Å²) in [5, 5.41) is 10.3. The van der Waals surface area contributed by atoms with Gasteiger partial charge >= 0.3 is 0 Å². The lowest BCUT2D eigenvalue weighted by Crippen LogP contribution is -2.44. The predicted molar refractivity (Wildman–Crippen MR) is 99.8 cm³/mol. The molecule has 1 aromatic heterocycles. The van der Waals surface area contributed by atoms with Crippen molar-refractivity contribution in [3.63, 3.8) is 0 Å². The molecule has 0 fully saturated rings. The summed E-state index contributed by atoms with van der Waals surface area (Å²) in [6.07, 6.45) is 3.53. The van der Waals surface area contributed by atoms with Crippen LogP contribution in [0.15, 0.2) is 30.9 Å². The Hall–Kier alpha value is -3.10. The number of aromatic nitrogens is 3. The van der Waals surface area contributed by atoms with Crippen molar-refractivity contribution in [1.82, 2.24) is 25.0 Å². The van der Waals surface area contributed by atoms with E-state index in [1.165, 1.54) is 4.90 Å². The molecule has 2 aromatic rings. The Morgan fingerprint density at radius 2 is 2.04 bits per heavy atom. The zero-order valence-electron chi connectivity index (χ0n) is 15.8. The molecule has 144 valence electrons. The topological polar surface area (TPSA) is 92.6 Å². The number of rotatable bonds is 6. The third-order valence-electron chi connectivity index (χ3n) is 4.55. The molecular weight excluding hydrogens is 348 g/mol. The van der Waals surface area contributed by atoms with Gasteiger partial charge in [-0.05, 0) is 18.2 Å². The minimum Gasteiger partial charge on any atom is -0.489 e. The zero-order valence-corrected chi connectivity index (χ0v) is 15.8. The van der Waals surface area contributed by atoms with E-state index < -0.39 is 0 Å². The molecule has 2 heterocycles. The maximum Gasteiger partial charge on any atom is 0.253 e. The van der Waals surface area contributed by atoms with Crippen LogP contribution in [0.1, 0.15) is 16.8 Å². The molecule has 2 amide bonds. The number of anilines is 1.